The van der Waals surface area contributed by atoms with Crippen molar-refractivity contribution in [3.63, 3.8) is 0 Å². The second kappa shape index (κ2) is 4.66. The highest BCUT2D eigenvalue weighted by molar-refractivity contribution is 5.70. The molecule has 0 saturated carbocycles. The molecule has 1 unspecified atom stereocenters. The highest BCUT2D eigenvalue weighted by Crippen LogP contribution is 2.28. The number of hydrogen-bond acceptors (Lipinski definition) is 3. The van der Waals surface area contributed by atoms with Crippen LogP contribution >= 0.6 is 0 Å². The number of rotatable bonds is 1. The third kappa shape index (κ3) is 3.27. The first kappa shape index (κ1) is 14.6. The second-order valence-electron chi connectivity index (χ2n) is 5.99. The molecule has 1 aliphatic heterocycles. The Morgan fingerprint density at radius 2 is 1.94 bits per heavy atom. The van der Waals surface area contributed by atoms with Gasteiger partial charge in [-0.05, 0) is 34.1 Å². The van der Waals surface area contributed by atoms with Gasteiger partial charge in [0.1, 0.15) is 5.60 Å². The van der Waals surface area contributed by atoms with Crippen LogP contribution in [-0.4, -0.2) is 58.4 Å². The van der Waals surface area contributed by atoms with Gasteiger partial charge in [0.05, 0.1) is 5.54 Å². The van der Waals surface area contributed by atoms with Gasteiger partial charge < -0.3 is 19.6 Å². The van der Waals surface area contributed by atoms with Gasteiger partial charge in [0.2, 0.25) is 0 Å². The van der Waals surface area contributed by atoms with Crippen LogP contribution in [0.15, 0.2) is 0 Å². The lowest BCUT2D eigenvalue weighted by atomic mass is 10.0. The van der Waals surface area contributed by atoms with Crippen molar-refractivity contribution in [1.29, 1.82) is 0 Å². The number of hydrogen-bond donors (Lipinski definition) is 1. The monoisotopic (exact) mass is 258 g/mol. The lowest BCUT2D eigenvalue weighted by Crippen LogP contribution is -2.51. The maximum Gasteiger partial charge on any atom is 0.410 e. The predicted octanol–water partition coefficient (Wildman–Crippen LogP) is 2.00. The molecule has 1 atom stereocenters. The van der Waals surface area contributed by atoms with Gasteiger partial charge in [0, 0.05) is 20.1 Å². The summed E-state index contributed by atoms with van der Waals surface area (Å²) in [6.07, 6.45) is -0.747. The van der Waals surface area contributed by atoms with Crippen LogP contribution in [0.4, 0.5) is 9.59 Å². The average molecular weight is 258 g/mol. The number of carbonyl (C=O) groups is 2. The van der Waals surface area contributed by atoms with Crippen LogP contribution in [0.5, 0.6) is 0 Å². The van der Waals surface area contributed by atoms with E-state index in [9.17, 15) is 9.59 Å². The SMILES string of the molecule is CN(C(=O)OC(C)(C)C)C1(C)CCN(C(=O)O)C1. The highest BCUT2D eigenvalue weighted by Gasteiger charge is 2.42. The zero-order valence-electron chi connectivity index (χ0n) is 11.7. The molecule has 1 heterocycles. The van der Waals surface area contributed by atoms with Crippen molar-refractivity contribution >= 4 is 12.2 Å². The molecule has 18 heavy (non-hydrogen) atoms. The van der Waals surface area contributed by atoms with E-state index in [1.54, 1.807) is 27.8 Å². The average Bonchev–Trinajstić information content (AvgIpc) is 2.58. The van der Waals surface area contributed by atoms with Crippen LogP contribution in [0, 0.1) is 0 Å². The zero-order chi connectivity index (χ0) is 14.1. The normalized spacial score (nSPS) is 23.9. The zero-order valence-corrected chi connectivity index (χ0v) is 11.7. The van der Waals surface area contributed by atoms with Crippen molar-refractivity contribution in [1.82, 2.24) is 9.80 Å². The predicted molar refractivity (Wildman–Crippen MR) is 66.6 cm³/mol. The molecule has 1 aliphatic rings. The van der Waals surface area contributed by atoms with E-state index in [2.05, 4.69) is 0 Å². The summed E-state index contributed by atoms with van der Waals surface area (Å²) in [5.74, 6) is 0. The summed E-state index contributed by atoms with van der Waals surface area (Å²) in [5.41, 5.74) is -1.05. The maximum absolute atomic E-state index is 12.0. The van der Waals surface area contributed by atoms with Gasteiger partial charge in [0.15, 0.2) is 0 Å². The number of nitrogens with zero attached hydrogens (tertiary/aromatic N) is 2. The summed E-state index contributed by atoms with van der Waals surface area (Å²) >= 11 is 0. The molecule has 1 rings (SSSR count). The molecule has 6 heteroatoms. The van der Waals surface area contributed by atoms with Gasteiger partial charge in [-0.2, -0.15) is 0 Å². The van der Waals surface area contributed by atoms with Crippen LogP contribution in [0.25, 0.3) is 0 Å². The Balaban J connectivity index is 2.69. The molecule has 1 saturated heterocycles. The van der Waals surface area contributed by atoms with Gasteiger partial charge in [-0.1, -0.05) is 0 Å². The van der Waals surface area contributed by atoms with Crippen LogP contribution in [-0.2, 0) is 4.74 Å². The van der Waals surface area contributed by atoms with E-state index in [-0.39, 0.29) is 0 Å². The van der Waals surface area contributed by atoms with Crippen LogP contribution < -0.4 is 0 Å². The van der Waals surface area contributed by atoms with Gasteiger partial charge in [0.25, 0.3) is 0 Å². The van der Waals surface area contributed by atoms with Gasteiger partial charge in [-0.15, -0.1) is 0 Å². The van der Waals surface area contributed by atoms with E-state index >= 15 is 0 Å². The topological polar surface area (TPSA) is 70.1 Å². The smallest absolute Gasteiger partial charge is 0.410 e. The Hall–Kier alpha value is -1.46. The lowest BCUT2D eigenvalue weighted by molar-refractivity contribution is 0.00968. The minimum Gasteiger partial charge on any atom is -0.465 e. The van der Waals surface area contributed by atoms with Crippen molar-refractivity contribution in [2.45, 2.75) is 45.3 Å². The molecule has 0 aliphatic carbocycles. The second-order valence-corrected chi connectivity index (χ2v) is 5.99. The largest absolute Gasteiger partial charge is 0.465 e. The summed E-state index contributed by atoms with van der Waals surface area (Å²) in [6, 6.07) is 0. The molecule has 0 aromatic carbocycles. The summed E-state index contributed by atoms with van der Waals surface area (Å²) < 4.78 is 5.29. The Bertz CT molecular complexity index is 350. The number of likely N-dealkylation sites (N-methyl/N-ethyl adjacent to an activating group) is 1. The fourth-order valence-electron chi connectivity index (χ4n) is 1.93. The van der Waals surface area contributed by atoms with Crippen molar-refractivity contribution < 1.29 is 19.4 Å². The fourth-order valence-corrected chi connectivity index (χ4v) is 1.93. The lowest BCUT2D eigenvalue weighted by Gasteiger charge is -2.36. The van der Waals surface area contributed by atoms with Crippen molar-refractivity contribution in [3.8, 4) is 0 Å². The first-order chi connectivity index (χ1) is 8.05. The van der Waals surface area contributed by atoms with E-state index in [1.807, 2.05) is 6.92 Å². The van der Waals surface area contributed by atoms with Gasteiger partial charge >= 0.3 is 12.2 Å². The minimum absolute atomic E-state index is 0.318. The van der Waals surface area contributed by atoms with E-state index in [1.165, 1.54) is 9.80 Å². The molecule has 1 fully saturated rings. The molecule has 0 radical (unpaired) electrons. The molecule has 0 aromatic rings. The Morgan fingerprint density at radius 3 is 2.33 bits per heavy atom. The first-order valence-electron chi connectivity index (χ1n) is 6.00. The highest BCUT2D eigenvalue weighted by atomic mass is 16.6. The molecular formula is C12H22N2O4. The molecule has 0 spiro atoms. The Morgan fingerprint density at radius 1 is 1.39 bits per heavy atom. The van der Waals surface area contributed by atoms with E-state index < -0.39 is 23.3 Å². The van der Waals surface area contributed by atoms with Crippen molar-refractivity contribution in [2.75, 3.05) is 20.1 Å². The molecule has 104 valence electrons. The number of amides is 2. The standard InChI is InChI=1S/C12H22N2O4/c1-11(2,3)18-10(17)13(5)12(4)6-7-14(8-12)9(15)16/h6-8H2,1-5H3,(H,15,16). The molecule has 2 amide bonds. The third-order valence-electron chi connectivity index (χ3n) is 3.20. The van der Waals surface area contributed by atoms with E-state index in [0.717, 1.165) is 0 Å². The minimum atomic E-state index is -0.948. The van der Waals surface area contributed by atoms with Crippen molar-refractivity contribution in [2.24, 2.45) is 0 Å². The summed E-state index contributed by atoms with van der Waals surface area (Å²) in [6.45, 7) is 8.05. The molecule has 0 aromatic heterocycles. The van der Waals surface area contributed by atoms with Gasteiger partial charge in [-0.25, -0.2) is 9.59 Å². The number of carbonyl (C=O) groups excluding carboxylic acids is 1. The Labute approximate surface area is 107 Å². The molecule has 0 bridgehead atoms. The van der Waals surface area contributed by atoms with Crippen LogP contribution in [0.3, 0.4) is 0 Å². The molecular weight excluding hydrogens is 236 g/mol. The fraction of sp³-hybridized carbons (Fsp3) is 0.833. The summed E-state index contributed by atoms with van der Waals surface area (Å²) in [5, 5.41) is 8.94. The molecule has 6 nitrogen and oxygen atoms in total. The van der Waals surface area contributed by atoms with E-state index in [0.29, 0.717) is 19.5 Å². The summed E-state index contributed by atoms with van der Waals surface area (Å²) in [7, 11) is 1.65. The number of carboxylic acid groups (broad SMARTS) is 1. The summed E-state index contributed by atoms with van der Waals surface area (Å²) in [4.78, 5) is 25.7. The van der Waals surface area contributed by atoms with Gasteiger partial charge in [-0.3, -0.25) is 0 Å². The van der Waals surface area contributed by atoms with Crippen LogP contribution in [0.2, 0.25) is 0 Å². The molecule has 1 N–H and O–H groups in total. The maximum atomic E-state index is 12.0. The van der Waals surface area contributed by atoms with E-state index in [4.69, 9.17) is 9.84 Å². The van der Waals surface area contributed by atoms with Crippen molar-refractivity contribution in [3.05, 3.63) is 0 Å². The quantitative estimate of drug-likeness (QED) is 0.781. The van der Waals surface area contributed by atoms with Crippen LogP contribution in [0.1, 0.15) is 34.1 Å². The number of likely N-dealkylation sites (tertiary alicyclic amines) is 1. The first-order valence-corrected chi connectivity index (χ1v) is 6.00. The number of ether oxygens (including phenoxy) is 1. The Kier molecular flexibility index (Phi) is 3.78. The third-order valence-corrected chi connectivity index (χ3v) is 3.20.